The van der Waals surface area contributed by atoms with E-state index in [4.69, 9.17) is 0 Å². The van der Waals surface area contributed by atoms with E-state index in [1.807, 2.05) is 21.1 Å². The molecule has 0 bridgehead atoms. The second-order valence-electron chi connectivity index (χ2n) is 5.17. The van der Waals surface area contributed by atoms with Gasteiger partial charge in [0, 0.05) is 6.54 Å². The van der Waals surface area contributed by atoms with Crippen molar-refractivity contribution in [3.63, 3.8) is 0 Å². The third-order valence-electron chi connectivity index (χ3n) is 2.18. The predicted molar refractivity (Wildman–Crippen MR) is 74.1 cm³/mol. The Morgan fingerprint density at radius 2 is 2.06 bits per heavy atom. The number of hydrogen-bond acceptors (Lipinski definition) is 2. The molecule has 1 amide bonds. The van der Waals surface area contributed by atoms with Crippen molar-refractivity contribution in [1.29, 1.82) is 0 Å². The van der Waals surface area contributed by atoms with Gasteiger partial charge >= 0.3 is 0 Å². The number of hydrogen-bond donors (Lipinski definition) is 2. The first kappa shape index (κ1) is 17.3. The lowest BCUT2D eigenvalue weighted by Gasteiger charge is -2.22. The van der Waals surface area contributed by atoms with Crippen LogP contribution in [0.3, 0.4) is 0 Å². The fourth-order valence-corrected chi connectivity index (χ4v) is 2.65. The van der Waals surface area contributed by atoms with E-state index in [0.717, 1.165) is 6.42 Å². The molecule has 1 unspecified atom stereocenters. The average molecular weight is 275 g/mol. The van der Waals surface area contributed by atoms with Gasteiger partial charge in [0.15, 0.2) is 6.54 Å². The highest BCUT2D eigenvalue weighted by atomic mass is 31.1. The number of aliphatic hydroxyl groups excluding tert-OH is 1. The summed E-state index contributed by atoms with van der Waals surface area (Å²) >= 11 is 0. The van der Waals surface area contributed by atoms with Gasteiger partial charge in [-0.05, 0) is 18.9 Å². The van der Waals surface area contributed by atoms with E-state index in [2.05, 4.69) is 11.9 Å². The van der Waals surface area contributed by atoms with Gasteiger partial charge in [-0.1, -0.05) is 6.58 Å². The highest BCUT2D eigenvalue weighted by molar-refractivity contribution is 7.51. The molecule has 0 aromatic rings. The molecular weight excluding hydrogens is 251 g/mol. The number of rotatable bonds is 8. The second-order valence-corrected chi connectivity index (χ2v) is 6.89. The molecule has 0 aromatic carbocycles. The van der Waals surface area contributed by atoms with Gasteiger partial charge < -0.3 is 19.8 Å². The molecule has 104 valence electrons. The molecule has 0 aliphatic carbocycles. The fraction of sp³-hybridized carbons (Fsp3) is 0.667. The normalized spacial score (nSPS) is 12.9. The predicted octanol–water partition coefficient (Wildman–Crippen LogP) is 0.0346. The van der Waals surface area contributed by atoms with Crippen molar-refractivity contribution >= 4 is 19.2 Å². The number of nitrogens with one attached hydrogen (secondary N) is 1. The Hall–Kier alpha value is -0.740. The average Bonchev–Trinajstić information content (AvgIpc) is 2.25. The van der Waals surface area contributed by atoms with Crippen LogP contribution >= 0.6 is 7.77 Å². The molecule has 0 aliphatic rings. The quantitative estimate of drug-likeness (QED) is 0.284. The minimum absolute atomic E-state index is 0.0765. The van der Waals surface area contributed by atoms with Crippen LogP contribution in [0.25, 0.3) is 0 Å². The molecule has 5 nitrogen and oxygen atoms in total. The molecule has 0 radical (unpaired) electrons. The van der Waals surface area contributed by atoms with Gasteiger partial charge in [0.1, 0.15) is 6.16 Å². The summed E-state index contributed by atoms with van der Waals surface area (Å²) < 4.78 is 0.558. The summed E-state index contributed by atoms with van der Waals surface area (Å²) in [6.45, 7) is 4.30. The van der Waals surface area contributed by atoms with Gasteiger partial charge in [-0.2, -0.15) is 0 Å². The van der Waals surface area contributed by atoms with Crippen LogP contribution in [0.5, 0.6) is 0 Å². The maximum atomic E-state index is 11.7. The summed E-state index contributed by atoms with van der Waals surface area (Å²) in [5.74, 6) is -0.196. The molecule has 0 saturated heterocycles. The minimum atomic E-state index is -1.67. The van der Waals surface area contributed by atoms with Crippen LogP contribution in [-0.4, -0.2) is 61.4 Å². The molecule has 2 N–H and O–H groups in total. The number of carbonyl (C=O) groups is 1. The lowest BCUT2D eigenvalue weighted by atomic mass is 10.3. The Bertz CT molecular complexity index is 322. The molecular formula is C12H24N2O3P+. The number of carbonyl (C=O) groups excluding carboxylic acids is 1. The van der Waals surface area contributed by atoms with Gasteiger partial charge in [-0.3, -0.25) is 4.79 Å². The number of aliphatic hydroxyl groups is 1. The van der Waals surface area contributed by atoms with Gasteiger partial charge in [0.25, 0.3) is 5.48 Å². The summed E-state index contributed by atoms with van der Waals surface area (Å²) in [7, 11) is 4.14. The summed E-state index contributed by atoms with van der Waals surface area (Å²) in [5, 5.41) is 12.3. The number of quaternary nitrogens is 1. The molecule has 6 heteroatoms. The SMILES string of the molecule is C=CC(=O)NCCCC/[P+]([O-])=C(\O)C[N+](C)(C)C. The van der Waals surface area contributed by atoms with Crippen LogP contribution in [0.2, 0.25) is 0 Å². The zero-order valence-corrected chi connectivity index (χ0v) is 12.4. The third-order valence-corrected chi connectivity index (χ3v) is 3.62. The largest absolute Gasteiger partial charge is 0.629 e. The second kappa shape index (κ2) is 8.38. The van der Waals surface area contributed by atoms with Crippen LogP contribution in [0.1, 0.15) is 12.8 Å². The van der Waals surface area contributed by atoms with Crippen molar-refractivity contribution in [3.05, 3.63) is 12.7 Å². The lowest BCUT2D eigenvalue weighted by Crippen LogP contribution is -2.39. The van der Waals surface area contributed by atoms with E-state index < -0.39 is 7.77 Å². The van der Waals surface area contributed by atoms with Crippen LogP contribution < -0.4 is 10.2 Å². The topological polar surface area (TPSA) is 72.4 Å². The first-order valence-electron chi connectivity index (χ1n) is 5.96. The first-order chi connectivity index (χ1) is 8.26. The van der Waals surface area contributed by atoms with Crippen molar-refractivity contribution in [2.75, 3.05) is 40.4 Å². The van der Waals surface area contributed by atoms with Crippen molar-refractivity contribution in [2.45, 2.75) is 12.8 Å². The van der Waals surface area contributed by atoms with Crippen LogP contribution in [-0.2, 0) is 4.79 Å². The molecule has 0 fully saturated rings. The smallest absolute Gasteiger partial charge is 0.273 e. The van der Waals surface area contributed by atoms with Crippen LogP contribution in [0.15, 0.2) is 12.7 Å². The van der Waals surface area contributed by atoms with Crippen molar-refractivity contribution in [2.24, 2.45) is 0 Å². The number of nitrogens with zero attached hydrogens (tertiary/aromatic N) is 1. The van der Waals surface area contributed by atoms with Crippen LogP contribution in [0, 0.1) is 0 Å². The van der Waals surface area contributed by atoms with E-state index in [-0.39, 0.29) is 11.4 Å². The monoisotopic (exact) mass is 275 g/mol. The molecule has 0 saturated carbocycles. The Morgan fingerprint density at radius 3 is 2.56 bits per heavy atom. The fourth-order valence-electron chi connectivity index (χ4n) is 1.30. The Morgan fingerprint density at radius 1 is 1.44 bits per heavy atom. The van der Waals surface area contributed by atoms with Gasteiger partial charge in [-0.15, -0.1) is 0 Å². The molecule has 0 spiro atoms. The maximum Gasteiger partial charge on any atom is 0.273 e. The maximum absolute atomic E-state index is 11.7. The lowest BCUT2D eigenvalue weighted by molar-refractivity contribution is -0.861. The number of likely N-dealkylation sites (N-methyl/N-ethyl adjacent to an activating group) is 1. The standard InChI is InChI=1S/C12H23N2O3P/c1-5-11(15)13-8-6-7-9-18(17)12(16)10-14(2,3)4/h5H,1,6-10H2,2-4H3,(H-,13,15,16)/p+1. The molecule has 18 heavy (non-hydrogen) atoms. The van der Waals surface area contributed by atoms with Crippen molar-refractivity contribution in [3.8, 4) is 0 Å². The molecule has 0 heterocycles. The minimum Gasteiger partial charge on any atom is -0.629 e. The molecule has 0 rings (SSSR count). The van der Waals surface area contributed by atoms with E-state index in [0.29, 0.717) is 30.2 Å². The van der Waals surface area contributed by atoms with Crippen molar-refractivity contribution < 1.29 is 19.3 Å². The molecule has 0 aromatic heterocycles. The van der Waals surface area contributed by atoms with Gasteiger partial charge in [-0.25, -0.2) is 0 Å². The van der Waals surface area contributed by atoms with Gasteiger partial charge in [0.2, 0.25) is 5.91 Å². The van der Waals surface area contributed by atoms with Crippen molar-refractivity contribution in [1.82, 2.24) is 5.32 Å². The Labute approximate surface area is 110 Å². The molecule has 0 aliphatic heterocycles. The zero-order chi connectivity index (χ0) is 14.2. The summed E-state index contributed by atoms with van der Waals surface area (Å²) in [4.78, 5) is 22.6. The summed E-state index contributed by atoms with van der Waals surface area (Å²) in [5.41, 5.74) is 0.0765. The Balaban J connectivity index is 3.88. The van der Waals surface area contributed by atoms with E-state index in [1.54, 1.807) is 0 Å². The molecule has 1 atom stereocenters. The third kappa shape index (κ3) is 9.31. The summed E-state index contributed by atoms with van der Waals surface area (Å²) in [6, 6.07) is 0. The van der Waals surface area contributed by atoms with Crippen LogP contribution in [0.4, 0.5) is 0 Å². The van der Waals surface area contributed by atoms with Gasteiger partial charge in [0.05, 0.1) is 28.9 Å². The van der Waals surface area contributed by atoms with E-state index >= 15 is 0 Å². The number of unbranched alkanes of at least 4 members (excludes halogenated alkanes) is 1. The number of amides is 1. The highest BCUT2D eigenvalue weighted by Crippen LogP contribution is 2.16. The summed E-state index contributed by atoms with van der Waals surface area (Å²) in [6.07, 6.45) is 3.15. The zero-order valence-electron chi connectivity index (χ0n) is 11.5. The van der Waals surface area contributed by atoms with E-state index in [9.17, 15) is 14.8 Å². The van der Waals surface area contributed by atoms with E-state index in [1.165, 1.54) is 6.08 Å². The Kier molecular flexibility index (Phi) is 8.03. The highest BCUT2D eigenvalue weighted by Gasteiger charge is 2.16. The first-order valence-corrected chi connectivity index (χ1v) is 7.41.